The topological polar surface area (TPSA) is 26.3 Å². The summed E-state index contributed by atoms with van der Waals surface area (Å²) in [6.07, 6.45) is 5.40. The molecule has 0 fully saturated rings. The summed E-state index contributed by atoms with van der Waals surface area (Å²) in [6.45, 7) is 7.96. The highest BCUT2D eigenvalue weighted by Gasteiger charge is 2.44. The molecule has 0 aliphatic heterocycles. The predicted octanol–water partition coefficient (Wildman–Crippen LogP) is 5.88. The molecule has 132 valence electrons. The molecule has 0 aromatic heterocycles. The highest BCUT2D eigenvalue weighted by atomic mass is 16.6. The average Bonchev–Trinajstić information content (AvgIpc) is 2.68. The van der Waals surface area contributed by atoms with E-state index in [-0.39, 0.29) is 11.9 Å². The number of carbonyl (C=O) groups is 1. The normalized spacial score (nSPS) is 12.4. The van der Waals surface area contributed by atoms with E-state index in [1.54, 1.807) is 0 Å². The first kappa shape index (κ1) is 19.0. The Labute approximate surface area is 151 Å². The minimum atomic E-state index is -0.794. The van der Waals surface area contributed by atoms with E-state index in [0.717, 1.165) is 36.8 Å². The van der Waals surface area contributed by atoms with E-state index >= 15 is 0 Å². The molecule has 0 aliphatic carbocycles. The zero-order chi connectivity index (χ0) is 18.1. The van der Waals surface area contributed by atoms with Gasteiger partial charge in [0.15, 0.2) is 5.60 Å². The van der Waals surface area contributed by atoms with Gasteiger partial charge in [-0.2, -0.15) is 0 Å². The molecule has 1 unspecified atom stereocenters. The summed E-state index contributed by atoms with van der Waals surface area (Å²) in [7, 11) is 0. The first-order valence-corrected chi connectivity index (χ1v) is 9.15. The fraction of sp³-hybridized carbons (Fsp3) is 0.348. The summed E-state index contributed by atoms with van der Waals surface area (Å²) >= 11 is 0. The molecule has 0 bridgehead atoms. The highest BCUT2D eigenvalue weighted by Crippen LogP contribution is 2.44. The molecule has 25 heavy (non-hydrogen) atoms. The quantitative estimate of drug-likeness (QED) is 0.422. The largest absolute Gasteiger partial charge is 0.446 e. The van der Waals surface area contributed by atoms with E-state index in [0.29, 0.717) is 0 Å². The average molecular weight is 336 g/mol. The molecule has 2 aromatic carbocycles. The molecular formula is C23H28O2. The van der Waals surface area contributed by atoms with Crippen molar-refractivity contribution in [3.8, 4) is 0 Å². The molecule has 2 nitrogen and oxygen atoms in total. The fourth-order valence-electron chi connectivity index (χ4n) is 3.56. The minimum absolute atomic E-state index is 0.196. The molecule has 0 N–H and O–H groups in total. The highest BCUT2D eigenvalue weighted by molar-refractivity contribution is 5.82. The van der Waals surface area contributed by atoms with Crippen molar-refractivity contribution in [3.63, 3.8) is 0 Å². The first-order chi connectivity index (χ1) is 12.2. The lowest BCUT2D eigenvalue weighted by atomic mass is 9.72. The van der Waals surface area contributed by atoms with Gasteiger partial charge >= 0.3 is 5.97 Å². The Hall–Kier alpha value is -2.35. The number of rotatable bonds is 9. The van der Waals surface area contributed by atoms with Crippen LogP contribution in [0, 0.1) is 5.92 Å². The van der Waals surface area contributed by atoms with Crippen LogP contribution in [-0.2, 0) is 15.1 Å². The number of esters is 1. The lowest BCUT2D eigenvalue weighted by Gasteiger charge is -2.41. The number of hydrogen-bond acceptors (Lipinski definition) is 2. The van der Waals surface area contributed by atoms with Gasteiger partial charge < -0.3 is 4.74 Å². The molecule has 0 saturated heterocycles. The molecular weight excluding hydrogens is 308 g/mol. The summed E-state index contributed by atoms with van der Waals surface area (Å²) < 4.78 is 6.15. The third-order valence-corrected chi connectivity index (χ3v) is 4.81. The van der Waals surface area contributed by atoms with Crippen LogP contribution in [0.2, 0.25) is 0 Å². The number of unbranched alkanes of at least 4 members (excludes halogenated alkanes) is 1. The maximum atomic E-state index is 12.3. The Morgan fingerprint density at radius 1 is 1.04 bits per heavy atom. The maximum absolute atomic E-state index is 12.3. The van der Waals surface area contributed by atoms with Gasteiger partial charge in [0.25, 0.3) is 0 Å². The Balaban J connectivity index is 2.68. The van der Waals surface area contributed by atoms with Gasteiger partial charge in [0.2, 0.25) is 0 Å². The first-order valence-electron chi connectivity index (χ1n) is 9.15. The third-order valence-electron chi connectivity index (χ3n) is 4.81. The van der Waals surface area contributed by atoms with Crippen LogP contribution in [0.25, 0.3) is 0 Å². The molecule has 2 heteroatoms. The molecule has 0 amide bonds. The minimum Gasteiger partial charge on any atom is -0.446 e. The molecule has 0 heterocycles. The van der Waals surface area contributed by atoms with Crippen LogP contribution >= 0.6 is 0 Å². The summed E-state index contributed by atoms with van der Waals surface area (Å²) in [5, 5.41) is 0. The van der Waals surface area contributed by atoms with Gasteiger partial charge in [-0.15, -0.1) is 0 Å². The van der Waals surface area contributed by atoms with E-state index in [1.165, 1.54) is 6.08 Å². The summed E-state index contributed by atoms with van der Waals surface area (Å²) in [5.41, 5.74) is 1.23. The van der Waals surface area contributed by atoms with E-state index < -0.39 is 5.60 Å². The van der Waals surface area contributed by atoms with Crippen molar-refractivity contribution >= 4 is 5.97 Å². The predicted molar refractivity (Wildman–Crippen MR) is 103 cm³/mol. The van der Waals surface area contributed by atoms with Crippen molar-refractivity contribution in [3.05, 3.63) is 84.4 Å². The zero-order valence-corrected chi connectivity index (χ0v) is 15.3. The lowest BCUT2D eigenvalue weighted by Crippen LogP contribution is -2.41. The standard InChI is InChI=1S/C23H28O2/c1-4-7-14-19(5-2)23(25-22(24)6-3,20-15-10-8-11-16-20)21-17-12-9-13-18-21/h6,8-13,15-19H,3-5,7,14H2,1-2H3. The molecule has 0 saturated carbocycles. The second kappa shape index (κ2) is 9.22. The van der Waals surface area contributed by atoms with Crippen LogP contribution in [-0.4, -0.2) is 5.97 Å². The molecule has 2 aromatic rings. The van der Waals surface area contributed by atoms with Crippen LogP contribution in [0.1, 0.15) is 50.7 Å². The number of ether oxygens (including phenoxy) is 1. The zero-order valence-electron chi connectivity index (χ0n) is 15.3. The van der Waals surface area contributed by atoms with Crippen LogP contribution in [0.5, 0.6) is 0 Å². The molecule has 1 atom stereocenters. The number of benzene rings is 2. The molecule has 0 radical (unpaired) electrons. The van der Waals surface area contributed by atoms with Crippen molar-refractivity contribution in [2.45, 2.75) is 45.1 Å². The summed E-state index contributed by atoms with van der Waals surface area (Å²) in [4.78, 5) is 12.3. The molecule has 0 spiro atoms. The molecule has 0 aliphatic rings. The van der Waals surface area contributed by atoms with Crippen LogP contribution in [0.15, 0.2) is 73.3 Å². The van der Waals surface area contributed by atoms with Crippen molar-refractivity contribution in [1.82, 2.24) is 0 Å². The number of carbonyl (C=O) groups excluding carboxylic acids is 1. The van der Waals surface area contributed by atoms with Gasteiger partial charge in [0.1, 0.15) is 0 Å². The smallest absolute Gasteiger partial charge is 0.331 e. The Morgan fingerprint density at radius 2 is 1.56 bits per heavy atom. The van der Waals surface area contributed by atoms with E-state index in [2.05, 4.69) is 44.7 Å². The number of hydrogen-bond donors (Lipinski definition) is 0. The lowest BCUT2D eigenvalue weighted by molar-refractivity contribution is -0.156. The van der Waals surface area contributed by atoms with Crippen LogP contribution < -0.4 is 0 Å². The van der Waals surface area contributed by atoms with E-state index in [1.807, 2.05) is 36.4 Å². The van der Waals surface area contributed by atoms with Crippen molar-refractivity contribution in [2.24, 2.45) is 5.92 Å². The van der Waals surface area contributed by atoms with Gasteiger partial charge in [0.05, 0.1) is 0 Å². The second-order valence-corrected chi connectivity index (χ2v) is 6.34. The van der Waals surface area contributed by atoms with Crippen LogP contribution in [0.4, 0.5) is 0 Å². The monoisotopic (exact) mass is 336 g/mol. The second-order valence-electron chi connectivity index (χ2n) is 6.34. The molecule has 2 rings (SSSR count). The Kier molecular flexibility index (Phi) is 7.00. The van der Waals surface area contributed by atoms with Crippen molar-refractivity contribution in [1.29, 1.82) is 0 Å². The van der Waals surface area contributed by atoms with Gasteiger partial charge in [-0.3, -0.25) is 0 Å². The SMILES string of the molecule is C=CC(=O)OC(c1ccccc1)(c1ccccc1)C(CC)CCCC. The van der Waals surface area contributed by atoms with Crippen LogP contribution in [0.3, 0.4) is 0 Å². The Bertz CT molecular complexity index is 622. The third kappa shape index (κ3) is 4.19. The van der Waals surface area contributed by atoms with Gasteiger partial charge in [0, 0.05) is 23.1 Å². The maximum Gasteiger partial charge on any atom is 0.331 e. The summed E-state index contributed by atoms with van der Waals surface area (Å²) in [5.74, 6) is -0.191. The fourth-order valence-corrected chi connectivity index (χ4v) is 3.56. The van der Waals surface area contributed by atoms with Gasteiger partial charge in [-0.05, 0) is 12.8 Å². The Morgan fingerprint density at radius 3 is 1.96 bits per heavy atom. The van der Waals surface area contributed by atoms with E-state index in [4.69, 9.17) is 4.74 Å². The van der Waals surface area contributed by atoms with Gasteiger partial charge in [-0.25, -0.2) is 4.79 Å². The van der Waals surface area contributed by atoms with Gasteiger partial charge in [-0.1, -0.05) is 93.9 Å². The van der Waals surface area contributed by atoms with Crippen molar-refractivity contribution in [2.75, 3.05) is 0 Å². The summed E-state index contributed by atoms with van der Waals surface area (Å²) in [6, 6.07) is 20.2. The van der Waals surface area contributed by atoms with E-state index in [9.17, 15) is 4.79 Å². The van der Waals surface area contributed by atoms with Crippen molar-refractivity contribution < 1.29 is 9.53 Å².